The molecule has 0 spiro atoms. The summed E-state index contributed by atoms with van der Waals surface area (Å²) in [4.78, 5) is 8.44. The van der Waals surface area contributed by atoms with Crippen LogP contribution in [-0.2, 0) is 21.2 Å². The number of aliphatic carboxylic acids is 1. The molecule has 0 heterocycles. The Kier molecular flexibility index (Phi) is 4.71. The lowest BCUT2D eigenvalue weighted by molar-refractivity contribution is -0.136. The molecule has 0 aromatic heterocycles. The van der Waals surface area contributed by atoms with Gasteiger partial charge >= 0.3 is 5.97 Å². The van der Waals surface area contributed by atoms with Crippen molar-refractivity contribution in [2.75, 3.05) is 5.75 Å². The molecule has 0 aliphatic rings. The van der Waals surface area contributed by atoms with E-state index in [1.165, 1.54) is 0 Å². The van der Waals surface area contributed by atoms with Gasteiger partial charge in [0.1, 0.15) is 4.90 Å². The van der Waals surface area contributed by atoms with E-state index in [9.17, 15) is 30.8 Å². The molecular weight excluding hydrogens is 306 g/mol. The number of nitrogens with two attached hydrogens (primary N) is 1. The van der Waals surface area contributed by atoms with Crippen molar-refractivity contribution in [2.24, 2.45) is 5.73 Å². The number of hydrogen-bond acceptors (Lipinski definition) is 4. The fraction of sp³-hybridized carbons (Fsp3) is 0.300. The lowest BCUT2D eigenvalue weighted by Crippen LogP contribution is -2.18. The summed E-state index contributed by atoms with van der Waals surface area (Å²) in [5, 5.41) is 8.34. The topological polar surface area (TPSA) is 97.5 Å². The summed E-state index contributed by atoms with van der Waals surface area (Å²) in [6.07, 6.45) is -0.969. The van der Waals surface area contributed by atoms with Gasteiger partial charge < -0.3 is 10.8 Å². The van der Waals surface area contributed by atoms with Gasteiger partial charge in [-0.1, -0.05) is 0 Å². The molecule has 5 nitrogen and oxygen atoms in total. The molecule has 0 amide bonds. The van der Waals surface area contributed by atoms with Crippen LogP contribution >= 0.6 is 0 Å². The second-order valence-corrected chi connectivity index (χ2v) is 5.78. The number of benzene rings is 1. The number of halogens is 4. The Balaban J connectivity index is 3.50. The molecule has 1 aromatic rings. The van der Waals surface area contributed by atoms with Crippen LogP contribution in [0.1, 0.15) is 12.0 Å². The normalized spacial score (nSPS) is 11.7. The van der Waals surface area contributed by atoms with Crippen molar-refractivity contribution in [2.45, 2.75) is 17.9 Å². The van der Waals surface area contributed by atoms with Crippen molar-refractivity contribution in [1.82, 2.24) is 0 Å². The Morgan fingerprint density at radius 1 is 1.05 bits per heavy atom. The predicted molar refractivity (Wildman–Crippen MR) is 58.5 cm³/mol. The molecule has 0 atom stereocenters. The van der Waals surface area contributed by atoms with Crippen molar-refractivity contribution in [1.29, 1.82) is 0 Å². The van der Waals surface area contributed by atoms with E-state index >= 15 is 0 Å². The minimum atomic E-state index is -4.84. The second kappa shape index (κ2) is 5.75. The average molecular weight is 315 g/mol. The highest BCUT2D eigenvalue weighted by molar-refractivity contribution is 7.91. The lowest BCUT2D eigenvalue weighted by atomic mass is 10.2. The van der Waals surface area contributed by atoms with Crippen LogP contribution in [0.4, 0.5) is 17.6 Å². The average Bonchev–Trinajstić information content (AvgIpc) is 2.35. The minimum absolute atomic E-state index is 0.874. The van der Waals surface area contributed by atoms with Crippen LogP contribution in [0.15, 0.2) is 4.90 Å². The maximum Gasteiger partial charge on any atom is 0.304 e. The first kappa shape index (κ1) is 16.4. The van der Waals surface area contributed by atoms with Crippen LogP contribution in [0.3, 0.4) is 0 Å². The van der Waals surface area contributed by atoms with Crippen LogP contribution in [-0.4, -0.2) is 25.2 Å². The molecule has 0 aliphatic heterocycles. The number of carboxylic acids is 1. The third-order valence-electron chi connectivity index (χ3n) is 2.41. The first-order valence-electron chi connectivity index (χ1n) is 5.13. The van der Waals surface area contributed by atoms with Crippen molar-refractivity contribution in [3.05, 3.63) is 28.8 Å². The molecule has 1 aromatic carbocycles. The Hall–Kier alpha value is -1.68. The van der Waals surface area contributed by atoms with Crippen molar-refractivity contribution in [3.8, 4) is 0 Å². The summed E-state index contributed by atoms with van der Waals surface area (Å²) in [7, 11) is -4.84. The number of sulfone groups is 1. The van der Waals surface area contributed by atoms with E-state index in [0.717, 1.165) is 0 Å². The molecule has 0 bridgehead atoms. The molecule has 0 saturated heterocycles. The molecule has 0 aliphatic carbocycles. The molecule has 10 heteroatoms. The van der Waals surface area contributed by atoms with Gasteiger partial charge in [0, 0.05) is 12.1 Å². The Morgan fingerprint density at radius 2 is 1.50 bits per heavy atom. The molecule has 3 N–H and O–H groups in total. The van der Waals surface area contributed by atoms with Gasteiger partial charge in [-0.05, 0) is 0 Å². The zero-order valence-corrected chi connectivity index (χ0v) is 10.6. The summed E-state index contributed by atoms with van der Waals surface area (Å²) in [5.41, 5.74) is 3.78. The SMILES string of the molecule is NCc1c(F)c(F)c(S(=O)(=O)CCC(=O)O)c(F)c1F. The number of rotatable bonds is 5. The van der Waals surface area contributed by atoms with E-state index in [0.29, 0.717) is 0 Å². The van der Waals surface area contributed by atoms with Crippen LogP contribution in [0.25, 0.3) is 0 Å². The number of carboxylic acid groups (broad SMARTS) is 1. The molecule has 112 valence electrons. The fourth-order valence-electron chi connectivity index (χ4n) is 1.43. The Labute approximate surface area is 110 Å². The third kappa shape index (κ3) is 2.90. The zero-order valence-electron chi connectivity index (χ0n) is 9.79. The van der Waals surface area contributed by atoms with Gasteiger partial charge in [-0.25, -0.2) is 26.0 Å². The fourth-order valence-corrected chi connectivity index (χ4v) is 2.81. The zero-order chi connectivity index (χ0) is 15.7. The van der Waals surface area contributed by atoms with Gasteiger partial charge in [-0.2, -0.15) is 0 Å². The molecule has 0 radical (unpaired) electrons. The monoisotopic (exact) mass is 315 g/mol. The molecule has 20 heavy (non-hydrogen) atoms. The summed E-state index contributed by atoms with van der Waals surface area (Å²) in [6.45, 7) is -0.874. The number of carbonyl (C=O) groups is 1. The molecule has 1 rings (SSSR count). The van der Waals surface area contributed by atoms with E-state index in [1.54, 1.807) is 0 Å². The van der Waals surface area contributed by atoms with Gasteiger partial charge in [0.25, 0.3) is 0 Å². The van der Waals surface area contributed by atoms with Crippen LogP contribution < -0.4 is 5.73 Å². The molecule has 0 unspecified atom stereocenters. The van der Waals surface area contributed by atoms with E-state index in [4.69, 9.17) is 10.8 Å². The van der Waals surface area contributed by atoms with E-state index in [-0.39, 0.29) is 0 Å². The smallest absolute Gasteiger partial charge is 0.304 e. The highest BCUT2D eigenvalue weighted by Crippen LogP contribution is 2.28. The van der Waals surface area contributed by atoms with Crippen LogP contribution in [0.5, 0.6) is 0 Å². The largest absolute Gasteiger partial charge is 0.481 e. The van der Waals surface area contributed by atoms with Gasteiger partial charge in [0.15, 0.2) is 33.1 Å². The molecule has 0 fully saturated rings. The van der Waals surface area contributed by atoms with Gasteiger partial charge in [-0.3, -0.25) is 4.79 Å². The highest BCUT2D eigenvalue weighted by atomic mass is 32.2. The molecular formula is C10H9F4NO4S. The van der Waals surface area contributed by atoms with E-state index in [2.05, 4.69) is 0 Å². The Bertz CT molecular complexity index is 631. The van der Waals surface area contributed by atoms with Crippen LogP contribution in [0.2, 0.25) is 0 Å². The van der Waals surface area contributed by atoms with Crippen molar-refractivity contribution >= 4 is 15.8 Å². The summed E-state index contributed by atoms with van der Waals surface area (Å²) in [6, 6.07) is 0. The number of hydrogen-bond donors (Lipinski definition) is 2. The van der Waals surface area contributed by atoms with Gasteiger partial charge in [0.2, 0.25) is 0 Å². The van der Waals surface area contributed by atoms with Gasteiger partial charge in [0.05, 0.1) is 12.2 Å². The van der Waals surface area contributed by atoms with Crippen molar-refractivity contribution < 1.29 is 35.9 Å². The quantitative estimate of drug-likeness (QED) is 0.623. The van der Waals surface area contributed by atoms with E-state index < -0.39 is 68.3 Å². The summed E-state index contributed by atoms with van der Waals surface area (Å²) < 4.78 is 77.0. The standard InChI is InChI=1S/C10H9F4NO4S/c11-6-4(3-15)7(12)9(14)10(8(6)13)20(18,19)2-1-5(16)17/h1-3,15H2,(H,16,17). The maximum absolute atomic E-state index is 13.5. The van der Waals surface area contributed by atoms with Crippen LogP contribution in [0, 0.1) is 23.3 Å². The van der Waals surface area contributed by atoms with Crippen molar-refractivity contribution in [3.63, 3.8) is 0 Å². The second-order valence-electron chi connectivity index (χ2n) is 3.73. The predicted octanol–water partition coefficient (Wildman–Crippen LogP) is 0.950. The lowest BCUT2D eigenvalue weighted by Gasteiger charge is -2.11. The molecule has 0 saturated carbocycles. The van der Waals surface area contributed by atoms with Gasteiger partial charge in [-0.15, -0.1) is 0 Å². The first-order chi connectivity index (χ1) is 9.13. The minimum Gasteiger partial charge on any atom is -0.481 e. The summed E-state index contributed by atoms with van der Waals surface area (Å²) in [5.74, 6) is -10.8. The van der Waals surface area contributed by atoms with E-state index in [1.807, 2.05) is 0 Å². The third-order valence-corrected chi connectivity index (χ3v) is 4.14. The maximum atomic E-state index is 13.5. The first-order valence-corrected chi connectivity index (χ1v) is 6.78. The highest BCUT2D eigenvalue weighted by Gasteiger charge is 2.32. The Morgan fingerprint density at radius 3 is 1.85 bits per heavy atom. The summed E-state index contributed by atoms with van der Waals surface area (Å²) >= 11 is 0.